The summed E-state index contributed by atoms with van der Waals surface area (Å²) < 4.78 is 5.45. The third kappa shape index (κ3) is 3.27. The number of nitrogens with zero attached hydrogens (tertiary/aromatic N) is 1. The van der Waals surface area contributed by atoms with E-state index < -0.39 is 0 Å². The molecule has 0 radical (unpaired) electrons. The fourth-order valence-electron chi connectivity index (χ4n) is 4.93. The first-order valence-electron chi connectivity index (χ1n) is 9.08. The van der Waals surface area contributed by atoms with E-state index in [1.807, 2.05) is 31.2 Å². The number of hydrazone groups is 1. The van der Waals surface area contributed by atoms with Gasteiger partial charge in [-0.3, -0.25) is 5.43 Å². The Balaban J connectivity index is 1.34. The predicted molar refractivity (Wildman–Crippen MR) is 101 cm³/mol. The van der Waals surface area contributed by atoms with Crippen LogP contribution in [0, 0.1) is 23.7 Å². The Kier molecular flexibility index (Phi) is 4.44. The summed E-state index contributed by atoms with van der Waals surface area (Å²) in [6, 6.07) is 7.82. The van der Waals surface area contributed by atoms with Crippen LogP contribution in [-0.2, 0) is 0 Å². The molecular formula is C19H25N3OS. The fourth-order valence-corrected chi connectivity index (χ4v) is 5.09. The van der Waals surface area contributed by atoms with Crippen LogP contribution in [-0.4, -0.2) is 17.4 Å². The Hall–Kier alpha value is -1.62. The van der Waals surface area contributed by atoms with Gasteiger partial charge in [0.1, 0.15) is 5.75 Å². The molecule has 24 heavy (non-hydrogen) atoms. The summed E-state index contributed by atoms with van der Waals surface area (Å²) in [6.07, 6.45) is 6.82. The van der Waals surface area contributed by atoms with E-state index in [0.29, 0.717) is 23.6 Å². The highest BCUT2D eigenvalue weighted by atomic mass is 32.1. The molecule has 0 aromatic heterocycles. The largest absolute Gasteiger partial charge is 0.494 e. The molecule has 0 spiro atoms. The van der Waals surface area contributed by atoms with E-state index in [2.05, 4.69) is 10.7 Å². The summed E-state index contributed by atoms with van der Waals surface area (Å²) in [5, 5.41) is 8.45. The standard InChI is InChI=1S/C19H25N3OS/c1-2-23-17-5-3-16(4-6-17)20-19(24)22-21-18-14-8-12-7-13(10-14)11-15(18)9-12/h3-6,12-15H,2,7-11H2,1H3,(H2,20,22,24). The van der Waals surface area contributed by atoms with Crippen LogP contribution in [0.2, 0.25) is 0 Å². The molecule has 2 N–H and O–H groups in total. The highest BCUT2D eigenvalue weighted by molar-refractivity contribution is 7.80. The number of anilines is 1. The topological polar surface area (TPSA) is 45.6 Å². The number of hydrogen-bond donors (Lipinski definition) is 2. The number of ether oxygens (including phenoxy) is 1. The fraction of sp³-hybridized carbons (Fsp3) is 0.579. The minimum atomic E-state index is 0.556. The Morgan fingerprint density at radius 1 is 1.08 bits per heavy atom. The van der Waals surface area contributed by atoms with E-state index in [1.54, 1.807) is 0 Å². The highest BCUT2D eigenvalue weighted by Crippen LogP contribution is 2.52. The lowest BCUT2D eigenvalue weighted by atomic mass is 9.55. The zero-order valence-electron chi connectivity index (χ0n) is 14.1. The van der Waals surface area contributed by atoms with Crippen LogP contribution in [0.1, 0.15) is 39.0 Å². The molecule has 1 aromatic rings. The molecule has 4 aliphatic rings. The second-order valence-corrected chi connectivity index (χ2v) is 7.77. The van der Waals surface area contributed by atoms with Crippen molar-refractivity contribution in [1.82, 2.24) is 5.43 Å². The molecule has 1 aromatic carbocycles. The lowest BCUT2D eigenvalue weighted by Crippen LogP contribution is -2.46. The van der Waals surface area contributed by atoms with Gasteiger partial charge < -0.3 is 10.1 Å². The molecule has 0 amide bonds. The maximum atomic E-state index is 5.45. The second kappa shape index (κ2) is 6.71. The molecule has 0 aliphatic heterocycles. The lowest BCUT2D eigenvalue weighted by Gasteiger charge is -2.50. The van der Waals surface area contributed by atoms with Crippen LogP contribution < -0.4 is 15.5 Å². The van der Waals surface area contributed by atoms with Crippen molar-refractivity contribution in [2.75, 3.05) is 11.9 Å². The summed E-state index contributed by atoms with van der Waals surface area (Å²) in [7, 11) is 0. The normalized spacial score (nSPS) is 30.1. The first-order chi connectivity index (χ1) is 11.7. The molecule has 4 bridgehead atoms. The molecule has 0 saturated heterocycles. The Morgan fingerprint density at radius 2 is 1.71 bits per heavy atom. The minimum Gasteiger partial charge on any atom is -0.494 e. The molecule has 4 fully saturated rings. The van der Waals surface area contributed by atoms with Gasteiger partial charge in [-0.1, -0.05) is 0 Å². The molecule has 4 aliphatic carbocycles. The van der Waals surface area contributed by atoms with Crippen molar-refractivity contribution in [2.24, 2.45) is 28.8 Å². The number of rotatable bonds is 4. The van der Waals surface area contributed by atoms with Crippen LogP contribution in [0.15, 0.2) is 29.4 Å². The van der Waals surface area contributed by atoms with E-state index in [4.69, 9.17) is 22.1 Å². The van der Waals surface area contributed by atoms with Crippen molar-refractivity contribution in [2.45, 2.75) is 39.0 Å². The number of thiocarbonyl (C=S) groups is 1. The minimum absolute atomic E-state index is 0.556. The maximum Gasteiger partial charge on any atom is 0.191 e. The van der Waals surface area contributed by atoms with Gasteiger partial charge in [0.15, 0.2) is 5.11 Å². The summed E-state index contributed by atoms with van der Waals surface area (Å²) >= 11 is 5.39. The smallest absolute Gasteiger partial charge is 0.191 e. The number of benzene rings is 1. The van der Waals surface area contributed by atoms with Gasteiger partial charge in [0.2, 0.25) is 0 Å². The Bertz CT molecular complexity index is 611. The maximum absolute atomic E-state index is 5.45. The predicted octanol–water partition coefficient (Wildman–Crippen LogP) is 4.18. The average Bonchev–Trinajstić information content (AvgIpc) is 2.56. The zero-order chi connectivity index (χ0) is 16.5. The molecule has 5 heteroatoms. The zero-order valence-corrected chi connectivity index (χ0v) is 14.9. The first-order valence-corrected chi connectivity index (χ1v) is 9.49. The van der Waals surface area contributed by atoms with Crippen molar-refractivity contribution in [3.8, 4) is 5.75 Å². The Morgan fingerprint density at radius 3 is 2.29 bits per heavy atom. The van der Waals surface area contributed by atoms with E-state index in [1.165, 1.54) is 37.8 Å². The average molecular weight is 343 g/mol. The van der Waals surface area contributed by atoms with E-state index >= 15 is 0 Å². The van der Waals surface area contributed by atoms with Gasteiger partial charge in [-0.2, -0.15) is 5.10 Å². The van der Waals surface area contributed by atoms with Gasteiger partial charge in [-0.25, -0.2) is 0 Å². The first kappa shape index (κ1) is 15.9. The van der Waals surface area contributed by atoms with Gasteiger partial charge in [0.05, 0.1) is 6.61 Å². The van der Waals surface area contributed by atoms with Gasteiger partial charge in [0, 0.05) is 11.4 Å². The van der Waals surface area contributed by atoms with Gasteiger partial charge >= 0.3 is 0 Å². The molecule has 4 saturated carbocycles. The highest BCUT2D eigenvalue weighted by Gasteiger charge is 2.46. The van der Waals surface area contributed by atoms with Crippen molar-refractivity contribution in [3.63, 3.8) is 0 Å². The monoisotopic (exact) mass is 343 g/mol. The number of nitrogens with one attached hydrogen (secondary N) is 2. The van der Waals surface area contributed by atoms with E-state index in [9.17, 15) is 0 Å². The third-order valence-electron chi connectivity index (χ3n) is 5.68. The Labute approximate surface area is 149 Å². The van der Waals surface area contributed by atoms with Crippen LogP contribution in [0.25, 0.3) is 0 Å². The van der Waals surface area contributed by atoms with Crippen molar-refractivity contribution in [1.29, 1.82) is 0 Å². The van der Waals surface area contributed by atoms with Crippen LogP contribution in [0.4, 0.5) is 5.69 Å². The summed E-state index contributed by atoms with van der Waals surface area (Å²) in [5.74, 6) is 4.18. The van der Waals surface area contributed by atoms with E-state index in [-0.39, 0.29) is 0 Å². The SMILES string of the molecule is CCOc1ccc(NC(=S)NN=C2C3CC4CC(C3)CC2C4)cc1. The van der Waals surface area contributed by atoms with Crippen molar-refractivity contribution in [3.05, 3.63) is 24.3 Å². The molecular weight excluding hydrogens is 318 g/mol. The molecule has 0 unspecified atom stereocenters. The summed E-state index contributed by atoms with van der Waals surface area (Å²) in [5.41, 5.74) is 5.39. The quantitative estimate of drug-likeness (QED) is 0.636. The van der Waals surface area contributed by atoms with E-state index in [0.717, 1.165) is 23.3 Å². The molecule has 4 nitrogen and oxygen atoms in total. The van der Waals surface area contributed by atoms with Gasteiger partial charge in [-0.05, 0) is 99.2 Å². The lowest BCUT2D eigenvalue weighted by molar-refractivity contribution is 0.108. The van der Waals surface area contributed by atoms with Crippen LogP contribution in [0.5, 0.6) is 5.75 Å². The molecule has 5 rings (SSSR count). The summed E-state index contributed by atoms with van der Waals surface area (Å²) in [6.45, 7) is 2.66. The van der Waals surface area contributed by atoms with Crippen molar-refractivity contribution < 1.29 is 4.74 Å². The van der Waals surface area contributed by atoms with Crippen LogP contribution in [0.3, 0.4) is 0 Å². The number of hydrogen-bond acceptors (Lipinski definition) is 3. The summed E-state index contributed by atoms with van der Waals surface area (Å²) in [4.78, 5) is 0. The third-order valence-corrected chi connectivity index (χ3v) is 5.88. The van der Waals surface area contributed by atoms with Crippen LogP contribution >= 0.6 is 12.2 Å². The second-order valence-electron chi connectivity index (χ2n) is 7.36. The molecule has 0 heterocycles. The van der Waals surface area contributed by atoms with Gasteiger partial charge in [-0.15, -0.1) is 0 Å². The van der Waals surface area contributed by atoms with Crippen molar-refractivity contribution >= 4 is 28.7 Å². The molecule has 0 atom stereocenters. The molecule has 128 valence electrons. The van der Waals surface area contributed by atoms with Gasteiger partial charge in [0.25, 0.3) is 0 Å².